The molecule has 0 aliphatic carbocycles. The van der Waals surface area contributed by atoms with Crippen LogP contribution in [0, 0.1) is 0 Å². The Kier molecular flexibility index (Phi) is 4.49. The lowest BCUT2D eigenvalue weighted by Crippen LogP contribution is -2.15. The number of fused-ring (bicyclic) bond motifs is 1. The topological polar surface area (TPSA) is 61.2 Å². The summed E-state index contributed by atoms with van der Waals surface area (Å²) in [5.41, 5.74) is 1.94. The number of benzene rings is 2. The Balaban J connectivity index is 2.06. The molecule has 2 aromatic carbocycles. The predicted molar refractivity (Wildman–Crippen MR) is 94.8 cm³/mol. The van der Waals surface area contributed by atoms with Gasteiger partial charge in [-0.2, -0.15) is 0 Å². The Labute approximate surface area is 147 Å². The zero-order chi connectivity index (χ0) is 17.3. The third-order valence-electron chi connectivity index (χ3n) is 3.74. The molecular formula is C18H15BrN2O3. The summed E-state index contributed by atoms with van der Waals surface area (Å²) < 4.78 is 7.78. The molecule has 0 saturated carbocycles. The van der Waals surface area contributed by atoms with Crippen molar-refractivity contribution in [1.29, 1.82) is 0 Å². The standard InChI is InChI=1S/C18H15BrN2O3/c1-11(22)18-20-15-8-7-14(24-2)9-16(15)21(18)10-17(23)12-3-5-13(19)6-4-12/h3-9H,10H2,1-2H3. The van der Waals surface area contributed by atoms with Gasteiger partial charge in [-0.25, -0.2) is 4.98 Å². The first-order valence-electron chi connectivity index (χ1n) is 7.33. The van der Waals surface area contributed by atoms with E-state index in [1.165, 1.54) is 6.92 Å². The van der Waals surface area contributed by atoms with Crippen molar-refractivity contribution in [3.63, 3.8) is 0 Å². The van der Waals surface area contributed by atoms with Crippen LogP contribution in [0.15, 0.2) is 46.9 Å². The molecule has 0 saturated heterocycles. The number of hydrogen-bond acceptors (Lipinski definition) is 4. The number of carbonyl (C=O) groups is 2. The molecule has 0 atom stereocenters. The highest BCUT2D eigenvalue weighted by Gasteiger charge is 2.18. The summed E-state index contributed by atoms with van der Waals surface area (Å²) in [6, 6.07) is 12.5. The smallest absolute Gasteiger partial charge is 0.195 e. The number of methoxy groups -OCH3 is 1. The zero-order valence-corrected chi connectivity index (χ0v) is 14.8. The first kappa shape index (κ1) is 16.4. The van der Waals surface area contributed by atoms with E-state index < -0.39 is 0 Å². The van der Waals surface area contributed by atoms with Gasteiger partial charge in [0.1, 0.15) is 5.75 Å². The summed E-state index contributed by atoms with van der Waals surface area (Å²) in [7, 11) is 1.57. The van der Waals surface area contributed by atoms with E-state index in [4.69, 9.17) is 4.74 Å². The molecule has 0 amide bonds. The lowest BCUT2D eigenvalue weighted by atomic mass is 10.1. The van der Waals surface area contributed by atoms with Crippen LogP contribution >= 0.6 is 15.9 Å². The van der Waals surface area contributed by atoms with E-state index in [1.54, 1.807) is 42.0 Å². The van der Waals surface area contributed by atoms with Gasteiger partial charge in [-0.05, 0) is 24.3 Å². The summed E-state index contributed by atoms with van der Waals surface area (Å²) in [5.74, 6) is 0.638. The minimum absolute atomic E-state index is 0.0419. The summed E-state index contributed by atoms with van der Waals surface area (Å²) in [5, 5.41) is 0. The lowest BCUT2D eigenvalue weighted by molar-refractivity contribution is 0.0966. The van der Waals surface area contributed by atoms with Gasteiger partial charge in [0.25, 0.3) is 0 Å². The van der Waals surface area contributed by atoms with Crippen LogP contribution in [-0.4, -0.2) is 28.2 Å². The van der Waals surface area contributed by atoms with Crippen molar-refractivity contribution >= 4 is 38.5 Å². The monoisotopic (exact) mass is 386 g/mol. The molecule has 0 fully saturated rings. The normalized spacial score (nSPS) is 10.8. The highest BCUT2D eigenvalue weighted by atomic mass is 79.9. The molecule has 3 rings (SSSR count). The average molecular weight is 387 g/mol. The highest BCUT2D eigenvalue weighted by molar-refractivity contribution is 9.10. The Hall–Kier alpha value is -2.47. The molecule has 0 aliphatic rings. The van der Waals surface area contributed by atoms with Crippen LogP contribution in [0.5, 0.6) is 5.75 Å². The lowest BCUT2D eigenvalue weighted by Gasteiger charge is -2.08. The fraction of sp³-hybridized carbons (Fsp3) is 0.167. The molecule has 0 aliphatic heterocycles. The molecule has 1 heterocycles. The number of imidazole rings is 1. The Morgan fingerprint density at radius 3 is 2.50 bits per heavy atom. The number of aromatic nitrogens is 2. The van der Waals surface area contributed by atoms with E-state index >= 15 is 0 Å². The van der Waals surface area contributed by atoms with Gasteiger partial charge in [0.2, 0.25) is 0 Å². The van der Waals surface area contributed by atoms with Gasteiger partial charge in [0.15, 0.2) is 17.4 Å². The second kappa shape index (κ2) is 6.57. The van der Waals surface area contributed by atoms with Gasteiger partial charge in [0, 0.05) is 23.0 Å². The predicted octanol–water partition coefficient (Wildman–Crippen LogP) is 3.89. The van der Waals surface area contributed by atoms with Gasteiger partial charge in [0.05, 0.1) is 24.7 Å². The Morgan fingerprint density at radius 2 is 1.88 bits per heavy atom. The number of carbonyl (C=O) groups excluding carboxylic acids is 2. The third-order valence-corrected chi connectivity index (χ3v) is 4.27. The van der Waals surface area contributed by atoms with E-state index in [2.05, 4.69) is 20.9 Å². The molecule has 1 aromatic heterocycles. The largest absolute Gasteiger partial charge is 0.497 e. The number of ketones is 2. The molecule has 0 unspecified atom stereocenters. The van der Waals surface area contributed by atoms with E-state index in [-0.39, 0.29) is 23.9 Å². The molecular weight excluding hydrogens is 372 g/mol. The number of hydrogen-bond donors (Lipinski definition) is 0. The quantitative estimate of drug-likeness (QED) is 0.624. The van der Waals surface area contributed by atoms with E-state index in [0.29, 0.717) is 22.3 Å². The second-order valence-electron chi connectivity index (χ2n) is 5.36. The number of rotatable bonds is 5. The van der Waals surface area contributed by atoms with Crippen LogP contribution in [0.1, 0.15) is 27.9 Å². The van der Waals surface area contributed by atoms with Gasteiger partial charge in [-0.1, -0.05) is 28.1 Å². The first-order chi connectivity index (χ1) is 11.5. The molecule has 5 nitrogen and oxygen atoms in total. The van der Waals surface area contributed by atoms with Gasteiger partial charge in [-0.3, -0.25) is 9.59 Å². The Bertz CT molecular complexity index is 929. The number of ether oxygens (including phenoxy) is 1. The van der Waals surface area contributed by atoms with E-state index in [9.17, 15) is 9.59 Å². The van der Waals surface area contributed by atoms with Crippen molar-refractivity contribution in [1.82, 2.24) is 9.55 Å². The zero-order valence-electron chi connectivity index (χ0n) is 13.2. The van der Waals surface area contributed by atoms with Crippen molar-refractivity contribution in [3.8, 4) is 5.75 Å². The molecule has 0 N–H and O–H groups in total. The second-order valence-corrected chi connectivity index (χ2v) is 6.28. The van der Waals surface area contributed by atoms with E-state index in [1.807, 2.05) is 12.1 Å². The fourth-order valence-electron chi connectivity index (χ4n) is 2.53. The third kappa shape index (κ3) is 3.10. The van der Waals surface area contributed by atoms with Crippen LogP contribution in [-0.2, 0) is 6.54 Å². The number of Topliss-reactive ketones (excluding diaryl/α,β-unsaturated/α-hetero) is 2. The maximum atomic E-state index is 12.6. The van der Waals surface area contributed by atoms with Crippen LogP contribution < -0.4 is 4.74 Å². The maximum Gasteiger partial charge on any atom is 0.195 e. The van der Waals surface area contributed by atoms with Crippen LogP contribution in [0.2, 0.25) is 0 Å². The first-order valence-corrected chi connectivity index (χ1v) is 8.13. The summed E-state index contributed by atoms with van der Waals surface area (Å²) in [6.45, 7) is 1.49. The van der Waals surface area contributed by atoms with Gasteiger partial charge >= 0.3 is 0 Å². The summed E-state index contributed by atoms with van der Waals surface area (Å²) in [6.07, 6.45) is 0. The van der Waals surface area contributed by atoms with Crippen LogP contribution in [0.4, 0.5) is 0 Å². The maximum absolute atomic E-state index is 12.6. The number of nitrogens with zero attached hydrogens (tertiary/aromatic N) is 2. The minimum atomic E-state index is -0.186. The highest BCUT2D eigenvalue weighted by Crippen LogP contribution is 2.23. The summed E-state index contributed by atoms with van der Waals surface area (Å²) in [4.78, 5) is 28.9. The molecule has 6 heteroatoms. The SMILES string of the molecule is COc1ccc2nc(C(C)=O)n(CC(=O)c3ccc(Br)cc3)c2c1. The molecule has 122 valence electrons. The molecule has 0 spiro atoms. The van der Waals surface area contributed by atoms with Gasteiger partial charge in [-0.15, -0.1) is 0 Å². The molecule has 0 bridgehead atoms. The van der Waals surface area contributed by atoms with Crippen LogP contribution in [0.25, 0.3) is 11.0 Å². The van der Waals surface area contributed by atoms with Gasteiger partial charge < -0.3 is 9.30 Å². The van der Waals surface area contributed by atoms with Crippen LogP contribution in [0.3, 0.4) is 0 Å². The average Bonchev–Trinajstić information content (AvgIpc) is 2.93. The van der Waals surface area contributed by atoms with E-state index in [0.717, 1.165) is 4.47 Å². The Morgan fingerprint density at radius 1 is 1.17 bits per heavy atom. The summed E-state index contributed by atoms with van der Waals surface area (Å²) >= 11 is 3.35. The van der Waals surface area contributed by atoms with Crippen molar-refractivity contribution in [2.24, 2.45) is 0 Å². The minimum Gasteiger partial charge on any atom is -0.497 e. The fourth-order valence-corrected chi connectivity index (χ4v) is 2.79. The van der Waals surface area contributed by atoms with Crippen molar-refractivity contribution < 1.29 is 14.3 Å². The van der Waals surface area contributed by atoms with Crippen molar-refractivity contribution in [3.05, 3.63) is 58.3 Å². The molecule has 24 heavy (non-hydrogen) atoms. The molecule has 3 aromatic rings. The van der Waals surface area contributed by atoms with Crippen molar-refractivity contribution in [2.75, 3.05) is 7.11 Å². The number of halogens is 1. The van der Waals surface area contributed by atoms with Crippen molar-refractivity contribution in [2.45, 2.75) is 13.5 Å². The molecule has 0 radical (unpaired) electrons.